The van der Waals surface area contributed by atoms with Crippen molar-refractivity contribution in [1.29, 1.82) is 0 Å². The first-order chi connectivity index (χ1) is 14.6. The second-order valence-corrected chi connectivity index (χ2v) is 9.07. The summed E-state index contributed by atoms with van der Waals surface area (Å²) in [7, 11) is -3.75. The molecule has 4 rings (SSSR count). The summed E-state index contributed by atoms with van der Waals surface area (Å²) in [6.07, 6.45) is 5.75. The second-order valence-electron chi connectivity index (χ2n) is 7.20. The Morgan fingerprint density at radius 2 is 1.93 bits per heavy atom. The van der Waals surface area contributed by atoms with Gasteiger partial charge in [-0.25, -0.2) is 8.42 Å². The van der Waals surface area contributed by atoms with Gasteiger partial charge in [0.15, 0.2) is 0 Å². The highest BCUT2D eigenvalue weighted by Crippen LogP contribution is 2.31. The van der Waals surface area contributed by atoms with Crippen LogP contribution in [-0.4, -0.2) is 32.4 Å². The van der Waals surface area contributed by atoms with Gasteiger partial charge in [-0.1, -0.05) is 30.3 Å². The molecule has 1 aromatic heterocycles. The van der Waals surface area contributed by atoms with Gasteiger partial charge in [0, 0.05) is 31.0 Å². The number of benzene rings is 2. The van der Waals surface area contributed by atoms with Crippen LogP contribution < -0.4 is 9.62 Å². The van der Waals surface area contributed by atoms with Gasteiger partial charge in [0.2, 0.25) is 0 Å². The summed E-state index contributed by atoms with van der Waals surface area (Å²) in [4.78, 5) is 16.7. The van der Waals surface area contributed by atoms with Crippen molar-refractivity contribution in [3.8, 4) is 0 Å². The number of aromatic nitrogens is 1. The van der Waals surface area contributed by atoms with E-state index in [0.29, 0.717) is 25.1 Å². The number of nitrogens with one attached hydrogen (secondary N) is 1. The third-order valence-corrected chi connectivity index (χ3v) is 6.98. The zero-order chi connectivity index (χ0) is 21.0. The standard InChI is InChI=1S/C23H23N3O3S/c27-23(25-14-12-18-6-4-13-24-17-18)20-8-3-10-21(16-20)30(28,29)26-15-5-9-19-7-1-2-11-22(19)26/h1-4,6-8,10-11,13,16-17H,5,9,12,14-15H2,(H,25,27). The molecule has 154 valence electrons. The Balaban J connectivity index is 1.51. The molecule has 0 fully saturated rings. The monoisotopic (exact) mass is 421 g/mol. The first-order valence-corrected chi connectivity index (χ1v) is 11.4. The largest absolute Gasteiger partial charge is 0.352 e. The number of hydrogen-bond acceptors (Lipinski definition) is 4. The minimum atomic E-state index is -3.75. The number of pyridine rings is 1. The molecule has 3 aromatic rings. The maximum Gasteiger partial charge on any atom is 0.264 e. The zero-order valence-electron chi connectivity index (χ0n) is 16.5. The van der Waals surface area contributed by atoms with Crippen molar-refractivity contribution < 1.29 is 13.2 Å². The number of carbonyl (C=O) groups excluding carboxylic acids is 1. The highest BCUT2D eigenvalue weighted by molar-refractivity contribution is 7.92. The number of para-hydroxylation sites is 1. The number of anilines is 1. The molecule has 0 aliphatic carbocycles. The maximum atomic E-state index is 13.3. The molecule has 1 aliphatic heterocycles. The third kappa shape index (κ3) is 4.21. The van der Waals surface area contributed by atoms with Gasteiger partial charge in [-0.05, 0) is 60.7 Å². The highest BCUT2D eigenvalue weighted by atomic mass is 32.2. The number of aryl methyl sites for hydroxylation is 1. The van der Waals surface area contributed by atoms with E-state index in [1.165, 1.54) is 10.4 Å². The Morgan fingerprint density at radius 3 is 2.77 bits per heavy atom. The van der Waals surface area contributed by atoms with Crippen molar-refractivity contribution in [2.24, 2.45) is 0 Å². The Hall–Kier alpha value is -3.19. The minimum Gasteiger partial charge on any atom is -0.352 e. The number of fused-ring (bicyclic) bond motifs is 1. The number of amides is 1. The summed E-state index contributed by atoms with van der Waals surface area (Å²) >= 11 is 0. The number of rotatable bonds is 6. The lowest BCUT2D eigenvalue weighted by atomic mass is 10.0. The average Bonchev–Trinajstić information content (AvgIpc) is 2.79. The van der Waals surface area contributed by atoms with Gasteiger partial charge in [-0.15, -0.1) is 0 Å². The molecule has 30 heavy (non-hydrogen) atoms. The lowest BCUT2D eigenvalue weighted by Gasteiger charge is -2.30. The van der Waals surface area contributed by atoms with Crippen molar-refractivity contribution >= 4 is 21.6 Å². The molecular formula is C23H23N3O3S. The molecule has 6 nitrogen and oxygen atoms in total. The predicted octanol–water partition coefficient (Wildman–Crippen LogP) is 3.20. The topological polar surface area (TPSA) is 79.4 Å². The Kier molecular flexibility index (Phi) is 5.81. The third-order valence-electron chi connectivity index (χ3n) is 5.17. The summed E-state index contributed by atoms with van der Waals surface area (Å²) in [5.41, 5.74) is 3.09. The van der Waals surface area contributed by atoms with Gasteiger partial charge in [-0.2, -0.15) is 0 Å². The predicted molar refractivity (Wildman–Crippen MR) is 116 cm³/mol. The van der Waals surface area contributed by atoms with Crippen LogP contribution in [0.4, 0.5) is 5.69 Å². The molecule has 1 amide bonds. The van der Waals surface area contributed by atoms with E-state index in [1.54, 1.807) is 30.6 Å². The highest BCUT2D eigenvalue weighted by Gasteiger charge is 2.29. The van der Waals surface area contributed by atoms with Gasteiger partial charge in [0.05, 0.1) is 10.6 Å². The summed E-state index contributed by atoms with van der Waals surface area (Å²) in [6.45, 7) is 0.877. The van der Waals surface area contributed by atoms with Crippen LogP contribution in [0.25, 0.3) is 0 Å². The lowest BCUT2D eigenvalue weighted by Crippen LogP contribution is -2.35. The van der Waals surface area contributed by atoms with Crippen molar-refractivity contribution in [2.45, 2.75) is 24.2 Å². The molecule has 1 N–H and O–H groups in total. The number of nitrogens with zero attached hydrogens (tertiary/aromatic N) is 2. The van der Waals surface area contributed by atoms with Crippen molar-refractivity contribution in [1.82, 2.24) is 10.3 Å². The molecule has 0 saturated heterocycles. The summed E-state index contributed by atoms with van der Waals surface area (Å²) in [6, 6.07) is 17.6. The fourth-order valence-corrected chi connectivity index (χ4v) is 5.23. The quantitative estimate of drug-likeness (QED) is 0.663. The Labute approximate surface area is 176 Å². The first-order valence-electron chi connectivity index (χ1n) is 9.93. The van der Waals surface area contributed by atoms with Crippen LogP contribution in [-0.2, 0) is 22.9 Å². The van der Waals surface area contributed by atoms with Crippen LogP contribution >= 0.6 is 0 Å². The van der Waals surface area contributed by atoms with E-state index in [2.05, 4.69) is 10.3 Å². The fraction of sp³-hybridized carbons (Fsp3) is 0.217. The van der Waals surface area contributed by atoms with Crippen LogP contribution in [0.5, 0.6) is 0 Å². The van der Waals surface area contributed by atoms with Crippen LogP contribution in [0.15, 0.2) is 78.0 Å². The van der Waals surface area contributed by atoms with Crippen LogP contribution in [0.3, 0.4) is 0 Å². The molecule has 2 aromatic carbocycles. The molecular weight excluding hydrogens is 398 g/mol. The molecule has 0 spiro atoms. The SMILES string of the molecule is O=C(NCCc1cccnc1)c1cccc(S(=O)(=O)N2CCCc3ccccc32)c1. The van der Waals surface area contributed by atoms with Crippen LogP contribution in [0, 0.1) is 0 Å². The van der Waals surface area contributed by atoms with Gasteiger partial charge in [-0.3, -0.25) is 14.1 Å². The summed E-state index contributed by atoms with van der Waals surface area (Å²) in [5.74, 6) is -0.296. The Bertz CT molecular complexity index is 1150. The molecule has 0 bridgehead atoms. The molecule has 1 aliphatic rings. The van der Waals surface area contributed by atoms with Gasteiger partial charge in [0.1, 0.15) is 0 Å². The number of carbonyl (C=O) groups is 1. The van der Waals surface area contributed by atoms with Gasteiger partial charge in [0.25, 0.3) is 15.9 Å². The fourth-order valence-electron chi connectivity index (χ4n) is 3.64. The van der Waals surface area contributed by atoms with E-state index in [1.807, 2.05) is 36.4 Å². The average molecular weight is 422 g/mol. The first kappa shape index (κ1) is 20.1. The van der Waals surface area contributed by atoms with E-state index < -0.39 is 10.0 Å². The molecule has 0 radical (unpaired) electrons. The van der Waals surface area contributed by atoms with Crippen LogP contribution in [0.1, 0.15) is 27.9 Å². The number of sulfonamides is 1. The van der Waals surface area contributed by atoms with Crippen LogP contribution in [0.2, 0.25) is 0 Å². The van der Waals surface area contributed by atoms with E-state index in [4.69, 9.17) is 0 Å². The second kappa shape index (κ2) is 8.67. The van der Waals surface area contributed by atoms with E-state index >= 15 is 0 Å². The lowest BCUT2D eigenvalue weighted by molar-refractivity contribution is 0.0954. The molecule has 2 heterocycles. The zero-order valence-corrected chi connectivity index (χ0v) is 17.3. The van der Waals surface area contributed by atoms with E-state index in [9.17, 15) is 13.2 Å². The molecule has 0 unspecified atom stereocenters. The molecule has 0 saturated carbocycles. The van der Waals surface area contributed by atoms with E-state index in [0.717, 1.165) is 29.7 Å². The smallest absolute Gasteiger partial charge is 0.264 e. The normalized spacial score (nSPS) is 13.5. The van der Waals surface area contributed by atoms with Crippen molar-refractivity contribution in [3.63, 3.8) is 0 Å². The molecule has 7 heteroatoms. The molecule has 0 atom stereocenters. The Morgan fingerprint density at radius 1 is 1.07 bits per heavy atom. The van der Waals surface area contributed by atoms with Gasteiger partial charge < -0.3 is 5.32 Å². The summed E-state index contributed by atoms with van der Waals surface area (Å²) in [5, 5.41) is 2.85. The van der Waals surface area contributed by atoms with Crippen molar-refractivity contribution in [2.75, 3.05) is 17.4 Å². The van der Waals surface area contributed by atoms with Crippen molar-refractivity contribution in [3.05, 3.63) is 89.7 Å². The minimum absolute atomic E-state index is 0.124. The van der Waals surface area contributed by atoms with Gasteiger partial charge >= 0.3 is 0 Å². The maximum absolute atomic E-state index is 13.3. The van der Waals surface area contributed by atoms with E-state index in [-0.39, 0.29) is 10.8 Å². The number of hydrogen-bond donors (Lipinski definition) is 1. The summed E-state index contributed by atoms with van der Waals surface area (Å²) < 4.78 is 28.1.